The molecule has 4 N–H and O–H groups in total. The summed E-state index contributed by atoms with van der Waals surface area (Å²) in [6, 6.07) is 6.94. The number of carbonyl (C=O) groups excluding carboxylic acids is 4. The molecule has 0 saturated heterocycles. The average Bonchev–Trinajstić information content (AvgIpc) is 3.64. The molecule has 9 heteroatoms. The highest BCUT2D eigenvalue weighted by Gasteiger charge is 2.56. The quantitative estimate of drug-likeness (QED) is 0.231. The van der Waals surface area contributed by atoms with Gasteiger partial charge < -0.3 is 25.8 Å². The van der Waals surface area contributed by atoms with E-state index in [1.54, 1.807) is 0 Å². The van der Waals surface area contributed by atoms with Gasteiger partial charge in [-0.2, -0.15) is 0 Å². The second-order valence-electron chi connectivity index (χ2n) is 13.7. The monoisotopic (exact) mass is 599 g/mol. The van der Waals surface area contributed by atoms with Crippen LogP contribution in [0.25, 0.3) is 0 Å². The van der Waals surface area contributed by atoms with Crippen LogP contribution in [-0.4, -0.2) is 59.6 Å². The van der Waals surface area contributed by atoms with Gasteiger partial charge in [-0.25, -0.2) is 4.79 Å². The van der Waals surface area contributed by atoms with Crippen molar-refractivity contribution in [3.05, 3.63) is 35.9 Å². The zero-order valence-electron chi connectivity index (χ0n) is 26.8. The summed E-state index contributed by atoms with van der Waals surface area (Å²) >= 11 is 0. The lowest BCUT2D eigenvalue weighted by Crippen LogP contribution is -2.57. The minimum Gasteiger partial charge on any atom is -0.449 e. The van der Waals surface area contributed by atoms with Gasteiger partial charge in [-0.1, -0.05) is 91.1 Å². The molecule has 6 atom stereocenters. The van der Waals surface area contributed by atoms with Crippen LogP contribution in [0.2, 0.25) is 0 Å². The third-order valence-corrected chi connectivity index (χ3v) is 8.64. The van der Waals surface area contributed by atoms with Crippen molar-refractivity contribution in [2.45, 2.75) is 117 Å². The smallest absolute Gasteiger partial charge is 0.407 e. The van der Waals surface area contributed by atoms with Gasteiger partial charge in [0.05, 0.1) is 30.6 Å². The highest BCUT2D eigenvalue weighted by Crippen LogP contribution is 2.46. The molecule has 0 spiro atoms. The molecular formula is C34H53N3O6. The molecule has 3 amide bonds. The summed E-state index contributed by atoms with van der Waals surface area (Å²) in [4.78, 5) is 52.5. The van der Waals surface area contributed by atoms with Crippen LogP contribution >= 0.6 is 0 Å². The molecule has 2 aliphatic rings. The third-order valence-electron chi connectivity index (χ3n) is 8.64. The normalized spacial score (nSPS) is 21.7. The highest BCUT2D eigenvalue weighted by molar-refractivity contribution is 6.05. The largest absolute Gasteiger partial charge is 0.449 e. The van der Waals surface area contributed by atoms with Crippen molar-refractivity contribution in [1.82, 2.24) is 16.0 Å². The number of ether oxygens (including phenoxy) is 1. The Bertz CT molecular complexity index is 1070. The second kappa shape index (κ2) is 16.2. The zero-order chi connectivity index (χ0) is 31.7. The molecule has 0 bridgehead atoms. The minimum atomic E-state index is -1.06. The lowest BCUT2D eigenvalue weighted by Gasteiger charge is -2.31. The molecular weight excluding hydrogens is 546 g/mol. The molecule has 3 rings (SSSR count). The summed E-state index contributed by atoms with van der Waals surface area (Å²) in [6.45, 7) is 12.0. The van der Waals surface area contributed by atoms with Crippen LogP contribution in [-0.2, 0) is 19.1 Å². The molecule has 0 aliphatic heterocycles. The van der Waals surface area contributed by atoms with Gasteiger partial charge in [0, 0.05) is 0 Å². The lowest BCUT2D eigenvalue weighted by atomic mass is 9.90. The van der Waals surface area contributed by atoms with Crippen LogP contribution in [0.15, 0.2) is 30.3 Å². The van der Waals surface area contributed by atoms with Gasteiger partial charge in [-0.15, -0.1) is 0 Å². The van der Waals surface area contributed by atoms with E-state index in [0.717, 1.165) is 31.2 Å². The van der Waals surface area contributed by atoms with E-state index in [-0.39, 0.29) is 29.5 Å². The molecule has 9 nitrogen and oxygen atoms in total. The first-order valence-electron chi connectivity index (χ1n) is 16.2. The summed E-state index contributed by atoms with van der Waals surface area (Å²) in [6.07, 6.45) is 4.67. The van der Waals surface area contributed by atoms with Gasteiger partial charge in [0.2, 0.25) is 11.8 Å². The number of hydrogen-bond donors (Lipinski definition) is 4. The zero-order valence-corrected chi connectivity index (χ0v) is 26.8. The molecule has 43 heavy (non-hydrogen) atoms. The Morgan fingerprint density at radius 2 is 1.40 bits per heavy atom. The Hall–Kier alpha value is -2.94. The summed E-state index contributed by atoms with van der Waals surface area (Å²) < 4.78 is 5.48. The Labute approximate surface area is 257 Å². The number of nitrogens with one attached hydrogen (secondary N) is 3. The SMILES string of the molecule is CC(C)C[C@H](NC(=O)OCC1CCCCC1)C(=O)N[C@@H](CC(C)C)C(=O)N[C@@H](C(C)C)[C@H](O)C1C(=O)C1c1ccccc1. The first-order valence-corrected chi connectivity index (χ1v) is 16.2. The van der Waals surface area contributed by atoms with Gasteiger partial charge >= 0.3 is 6.09 Å². The molecule has 2 unspecified atom stereocenters. The van der Waals surface area contributed by atoms with Crippen molar-refractivity contribution in [1.29, 1.82) is 0 Å². The van der Waals surface area contributed by atoms with E-state index >= 15 is 0 Å². The Morgan fingerprint density at radius 1 is 0.837 bits per heavy atom. The molecule has 0 radical (unpaired) electrons. The number of amides is 3. The first-order chi connectivity index (χ1) is 20.4. The van der Waals surface area contributed by atoms with Crippen LogP contribution in [0.5, 0.6) is 0 Å². The van der Waals surface area contributed by atoms with Crippen LogP contribution < -0.4 is 16.0 Å². The number of hydrogen-bond acceptors (Lipinski definition) is 6. The fourth-order valence-electron chi connectivity index (χ4n) is 6.20. The number of benzene rings is 1. The number of aliphatic hydroxyl groups excluding tert-OH is 1. The minimum absolute atomic E-state index is 0.0383. The van der Waals surface area contributed by atoms with E-state index in [2.05, 4.69) is 16.0 Å². The van der Waals surface area contributed by atoms with Crippen molar-refractivity contribution >= 4 is 23.7 Å². The van der Waals surface area contributed by atoms with Gasteiger partial charge in [-0.3, -0.25) is 14.4 Å². The molecule has 2 fully saturated rings. The van der Waals surface area contributed by atoms with Gasteiger partial charge in [0.15, 0.2) is 0 Å². The molecule has 0 heterocycles. The number of rotatable bonds is 15. The van der Waals surface area contributed by atoms with Crippen LogP contribution in [0, 0.1) is 29.6 Å². The van der Waals surface area contributed by atoms with Gasteiger partial charge in [0.25, 0.3) is 0 Å². The Morgan fingerprint density at radius 3 is 1.95 bits per heavy atom. The summed E-state index contributed by atoms with van der Waals surface area (Å²) in [5, 5.41) is 19.8. The fourth-order valence-corrected chi connectivity index (χ4v) is 6.20. The topological polar surface area (TPSA) is 134 Å². The summed E-state index contributed by atoms with van der Waals surface area (Å²) in [5.41, 5.74) is 0.858. The molecule has 0 aromatic heterocycles. The van der Waals surface area contributed by atoms with Crippen LogP contribution in [0.4, 0.5) is 4.79 Å². The van der Waals surface area contributed by atoms with Crippen molar-refractivity contribution in [2.75, 3.05) is 6.61 Å². The van der Waals surface area contributed by atoms with Crippen molar-refractivity contribution in [3.8, 4) is 0 Å². The lowest BCUT2D eigenvalue weighted by molar-refractivity contribution is -0.131. The average molecular weight is 600 g/mol. The van der Waals surface area contributed by atoms with E-state index in [4.69, 9.17) is 4.74 Å². The third kappa shape index (κ3) is 10.3. The first kappa shape index (κ1) is 34.5. The predicted molar refractivity (Wildman–Crippen MR) is 166 cm³/mol. The molecule has 1 aromatic rings. The predicted octanol–water partition coefficient (Wildman–Crippen LogP) is 4.72. The van der Waals surface area contributed by atoms with Crippen LogP contribution in [0.3, 0.4) is 0 Å². The van der Waals surface area contributed by atoms with E-state index in [9.17, 15) is 24.3 Å². The number of carbonyl (C=O) groups is 4. The fraction of sp³-hybridized carbons (Fsp3) is 0.706. The molecule has 2 aliphatic carbocycles. The molecule has 2 saturated carbocycles. The maximum absolute atomic E-state index is 13.6. The second-order valence-corrected chi connectivity index (χ2v) is 13.7. The van der Waals surface area contributed by atoms with Gasteiger partial charge in [0.1, 0.15) is 17.9 Å². The maximum atomic E-state index is 13.6. The number of Topliss-reactive ketones (excluding diaryl/α,β-unsaturated/α-hetero) is 1. The maximum Gasteiger partial charge on any atom is 0.407 e. The van der Waals surface area contributed by atoms with Crippen molar-refractivity contribution < 1.29 is 29.0 Å². The Kier molecular flexibility index (Phi) is 13.0. The molecule has 1 aromatic carbocycles. The van der Waals surface area contributed by atoms with Gasteiger partial charge in [-0.05, 0) is 54.9 Å². The highest BCUT2D eigenvalue weighted by atomic mass is 16.5. The van der Waals surface area contributed by atoms with Crippen molar-refractivity contribution in [3.63, 3.8) is 0 Å². The number of aliphatic hydroxyl groups is 1. The summed E-state index contributed by atoms with van der Waals surface area (Å²) in [5.74, 6) is -1.50. The number of ketones is 1. The van der Waals surface area contributed by atoms with E-state index in [1.807, 2.05) is 71.9 Å². The standard InChI is InChI=1S/C34H53N3O6/c1-20(2)17-25(35-32(40)26(18-21(3)4)36-34(42)43-19-23-13-9-7-10-14-23)33(41)37-29(22(5)6)31(39)28-27(30(28)38)24-15-11-8-12-16-24/h8,11-12,15-16,20-23,25-29,31,39H,7,9-10,13-14,17-19H2,1-6H3,(H,35,40)(H,36,42)(H,37,41)/t25-,26-,27?,28?,29-,31+/m0/s1. The van der Waals surface area contributed by atoms with E-state index < -0.39 is 48.1 Å². The van der Waals surface area contributed by atoms with Crippen molar-refractivity contribution in [2.24, 2.45) is 29.6 Å². The number of alkyl carbamates (subject to hydrolysis) is 1. The summed E-state index contributed by atoms with van der Waals surface area (Å²) in [7, 11) is 0. The molecule has 240 valence electrons. The Balaban J connectivity index is 1.65. The van der Waals surface area contributed by atoms with E-state index in [1.165, 1.54) is 6.42 Å². The van der Waals surface area contributed by atoms with Crippen LogP contribution in [0.1, 0.15) is 98.0 Å². The van der Waals surface area contributed by atoms with E-state index in [0.29, 0.717) is 25.4 Å².